The van der Waals surface area contributed by atoms with Gasteiger partial charge in [0, 0.05) is 18.9 Å². The van der Waals surface area contributed by atoms with Crippen LogP contribution in [0, 0.1) is 0 Å². The van der Waals surface area contributed by atoms with E-state index in [1.54, 1.807) is 18.2 Å². The van der Waals surface area contributed by atoms with E-state index in [0.29, 0.717) is 12.2 Å². The van der Waals surface area contributed by atoms with Gasteiger partial charge in [0.2, 0.25) is 0 Å². The Kier molecular flexibility index (Phi) is 2.90. The normalized spacial score (nSPS) is 12.8. The molecule has 0 saturated carbocycles. The van der Waals surface area contributed by atoms with Crippen molar-refractivity contribution in [3.63, 3.8) is 0 Å². The van der Waals surface area contributed by atoms with Crippen LogP contribution in [0.3, 0.4) is 0 Å². The molecule has 0 amide bonds. The minimum absolute atomic E-state index is 0.190. The molecule has 0 fully saturated rings. The van der Waals surface area contributed by atoms with Crippen LogP contribution in [0.25, 0.3) is 0 Å². The van der Waals surface area contributed by atoms with Crippen LogP contribution in [0.4, 0.5) is 0 Å². The molecule has 2 rings (SSSR count). The van der Waals surface area contributed by atoms with E-state index in [0.717, 1.165) is 17.7 Å². The number of rotatable bonds is 3. The SMILES string of the molecule is CC(=O)OCC(=O)c1ccc2c(c1)CCO2. The van der Waals surface area contributed by atoms with Gasteiger partial charge < -0.3 is 9.47 Å². The van der Waals surface area contributed by atoms with Gasteiger partial charge in [-0.05, 0) is 23.8 Å². The van der Waals surface area contributed by atoms with Crippen LogP contribution in [0.1, 0.15) is 22.8 Å². The highest BCUT2D eigenvalue weighted by Gasteiger charge is 2.15. The molecule has 0 aliphatic carbocycles. The third-order valence-electron chi connectivity index (χ3n) is 2.42. The number of carbonyl (C=O) groups excluding carboxylic acids is 2. The van der Waals surface area contributed by atoms with Crippen LogP contribution < -0.4 is 4.74 Å². The molecule has 0 N–H and O–H groups in total. The Labute approximate surface area is 93.2 Å². The Morgan fingerprint density at radius 2 is 2.25 bits per heavy atom. The fourth-order valence-corrected chi connectivity index (χ4v) is 1.61. The summed E-state index contributed by atoms with van der Waals surface area (Å²) < 4.78 is 9.99. The van der Waals surface area contributed by atoms with E-state index >= 15 is 0 Å². The zero-order valence-corrected chi connectivity index (χ0v) is 8.99. The van der Waals surface area contributed by atoms with Gasteiger partial charge in [-0.25, -0.2) is 0 Å². The molecule has 1 heterocycles. The molecule has 1 aromatic carbocycles. The molecule has 1 aliphatic rings. The summed E-state index contributed by atoms with van der Waals surface area (Å²) in [6.45, 7) is 1.75. The maximum Gasteiger partial charge on any atom is 0.303 e. The Bertz CT molecular complexity index is 437. The van der Waals surface area contributed by atoms with Gasteiger partial charge in [0.05, 0.1) is 6.61 Å². The number of fused-ring (bicyclic) bond motifs is 1. The van der Waals surface area contributed by atoms with E-state index in [-0.39, 0.29) is 12.4 Å². The van der Waals surface area contributed by atoms with Crippen LogP contribution in [0.2, 0.25) is 0 Å². The number of hydrogen-bond donors (Lipinski definition) is 0. The van der Waals surface area contributed by atoms with E-state index in [4.69, 9.17) is 4.74 Å². The minimum atomic E-state index is -0.446. The second-order valence-corrected chi connectivity index (χ2v) is 3.62. The van der Waals surface area contributed by atoms with Crippen molar-refractivity contribution in [1.29, 1.82) is 0 Å². The quantitative estimate of drug-likeness (QED) is 0.570. The van der Waals surface area contributed by atoms with E-state index in [1.165, 1.54) is 6.92 Å². The lowest BCUT2D eigenvalue weighted by atomic mass is 10.1. The van der Waals surface area contributed by atoms with Crippen molar-refractivity contribution < 1.29 is 19.1 Å². The Morgan fingerprint density at radius 3 is 3.00 bits per heavy atom. The topological polar surface area (TPSA) is 52.6 Å². The first-order valence-corrected chi connectivity index (χ1v) is 5.09. The Hall–Kier alpha value is -1.84. The lowest BCUT2D eigenvalue weighted by Gasteiger charge is -2.03. The number of ketones is 1. The second-order valence-electron chi connectivity index (χ2n) is 3.62. The molecule has 0 unspecified atom stereocenters. The first-order valence-electron chi connectivity index (χ1n) is 5.09. The summed E-state index contributed by atoms with van der Waals surface area (Å²) in [7, 11) is 0. The van der Waals surface area contributed by atoms with Crippen LogP contribution in [-0.4, -0.2) is 25.0 Å². The molecule has 16 heavy (non-hydrogen) atoms. The highest BCUT2D eigenvalue weighted by atomic mass is 16.5. The third-order valence-corrected chi connectivity index (χ3v) is 2.42. The number of carbonyl (C=O) groups is 2. The molecule has 84 valence electrons. The summed E-state index contributed by atoms with van der Waals surface area (Å²) in [4.78, 5) is 22.2. The van der Waals surface area contributed by atoms with Crippen molar-refractivity contribution >= 4 is 11.8 Å². The van der Waals surface area contributed by atoms with Crippen molar-refractivity contribution in [3.8, 4) is 5.75 Å². The summed E-state index contributed by atoms with van der Waals surface area (Å²) in [5.41, 5.74) is 1.60. The smallest absolute Gasteiger partial charge is 0.303 e. The summed E-state index contributed by atoms with van der Waals surface area (Å²) in [6.07, 6.45) is 0.823. The minimum Gasteiger partial charge on any atom is -0.493 e. The van der Waals surface area contributed by atoms with Gasteiger partial charge in [0.15, 0.2) is 12.4 Å². The van der Waals surface area contributed by atoms with Crippen molar-refractivity contribution in [1.82, 2.24) is 0 Å². The molecule has 1 aliphatic heterocycles. The molecular formula is C12H12O4. The lowest BCUT2D eigenvalue weighted by Crippen LogP contribution is -2.11. The zero-order valence-electron chi connectivity index (χ0n) is 8.99. The second kappa shape index (κ2) is 4.35. The molecule has 0 bridgehead atoms. The van der Waals surface area contributed by atoms with E-state index in [9.17, 15) is 9.59 Å². The van der Waals surface area contributed by atoms with Crippen LogP contribution in [0.15, 0.2) is 18.2 Å². The fraction of sp³-hybridized carbons (Fsp3) is 0.333. The van der Waals surface area contributed by atoms with E-state index in [2.05, 4.69) is 4.74 Å². The predicted octanol–water partition coefficient (Wildman–Crippen LogP) is 1.37. The maximum atomic E-state index is 11.6. The van der Waals surface area contributed by atoms with Crippen LogP contribution >= 0.6 is 0 Å². The monoisotopic (exact) mass is 220 g/mol. The molecule has 4 heteroatoms. The molecule has 0 radical (unpaired) electrons. The first-order chi connectivity index (χ1) is 7.66. The van der Waals surface area contributed by atoms with Crippen molar-refractivity contribution in [2.75, 3.05) is 13.2 Å². The largest absolute Gasteiger partial charge is 0.493 e. The molecule has 4 nitrogen and oxygen atoms in total. The molecule has 0 saturated heterocycles. The van der Waals surface area contributed by atoms with Crippen LogP contribution in [0.5, 0.6) is 5.75 Å². The molecule has 0 spiro atoms. The number of hydrogen-bond acceptors (Lipinski definition) is 4. The van der Waals surface area contributed by atoms with Gasteiger partial charge in [-0.15, -0.1) is 0 Å². The average molecular weight is 220 g/mol. The van der Waals surface area contributed by atoms with Gasteiger partial charge in [-0.1, -0.05) is 0 Å². The maximum absolute atomic E-state index is 11.6. The highest BCUT2D eigenvalue weighted by molar-refractivity contribution is 5.98. The van der Waals surface area contributed by atoms with E-state index < -0.39 is 5.97 Å². The highest BCUT2D eigenvalue weighted by Crippen LogP contribution is 2.25. The van der Waals surface area contributed by atoms with Gasteiger partial charge in [-0.2, -0.15) is 0 Å². The van der Waals surface area contributed by atoms with Gasteiger partial charge in [0.25, 0.3) is 0 Å². The number of esters is 1. The van der Waals surface area contributed by atoms with Gasteiger partial charge in [0.1, 0.15) is 5.75 Å². The summed E-state index contributed by atoms with van der Waals surface area (Å²) >= 11 is 0. The molecule has 0 atom stereocenters. The van der Waals surface area contributed by atoms with Gasteiger partial charge >= 0.3 is 5.97 Å². The molecule has 1 aromatic rings. The number of ether oxygens (including phenoxy) is 2. The van der Waals surface area contributed by atoms with Gasteiger partial charge in [-0.3, -0.25) is 9.59 Å². The zero-order chi connectivity index (χ0) is 11.5. The number of benzene rings is 1. The predicted molar refractivity (Wildman–Crippen MR) is 56.6 cm³/mol. The summed E-state index contributed by atoms with van der Waals surface area (Å²) in [5.74, 6) is 0.201. The first kappa shape index (κ1) is 10.7. The molecule has 0 aromatic heterocycles. The standard InChI is InChI=1S/C12H12O4/c1-8(13)16-7-11(14)9-2-3-12-10(6-9)4-5-15-12/h2-3,6H,4-5,7H2,1H3. The summed E-state index contributed by atoms with van der Waals surface area (Å²) in [5, 5.41) is 0. The van der Waals surface area contributed by atoms with Crippen molar-refractivity contribution in [2.24, 2.45) is 0 Å². The lowest BCUT2D eigenvalue weighted by molar-refractivity contribution is -0.139. The van der Waals surface area contributed by atoms with Crippen molar-refractivity contribution in [2.45, 2.75) is 13.3 Å². The number of Topliss-reactive ketones (excluding diaryl/α,β-unsaturated/α-hetero) is 1. The fourth-order valence-electron chi connectivity index (χ4n) is 1.61. The Balaban J connectivity index is 2.09. The van der Waals surface area contributed by atoms with Crippen LogP contribution in [-0.2, 0) is 16.0 Å². The third kappa shape index (κ3) is 2.21. The average Bonchev–Trinajstić information content (AvgIpc) is 2.72. The summed E-state index contributed by atoms with van der Waals surface area (Å²) in [6, 6.07) is 5.27. The Morgan fingerprint density at radius 1 is 1.44 bits per heavy atom. The molecular weight excluding hydrogens is 208 g/mol. The van der Waals surface area contributed by atoms with Crippen molar-refractivity contribution in [3.05, 3.63) is 29.3 Å². The van der Waals surface area contributed by atoms with E-state index in [1.807, 2.05) is 0 Å².